The topological polar surface area (TPSA) is 35.6 Å². The van der Waals surface area contributed by atoms with Crippen LogP contribution in [-0.4, -0.2) is 54.1 Å². The standard InChI is InChI=1S/C10H19N3O/c1-3-8(2)13-7-9-6-11-4-5-12(9)10(13)14/h8-9,11H,3-7H2,1-2H3. The molecule has 2 saturated heterocycles. The number of carbonyl (C=O) groups is 1. The second kappa shape index (κ2) is 3.77. The summed E-state index contributed by atoms with van der Waals surface area (Å²) in [5.74, 6) is 0. The predicted octanol–water partition coefficient (Wildman–Crippen LogP) is 0.494. The van der Waals surface area contributed by atoms with Gasteiger partial charge < -0.3 is 15.1 Å². The van der Waals surface area contributed by atoms with Gasteiger partial charge in [0.2, 0.25) is 0 Å². The zero-order valence-electron chi connectivity index (χ0n) is 8.99. The fraction of sp³-hybridized carbons (Fsp3) is 0.900. The van der Waals surface area contributed by atoms with Gasteiger partial charge in [-0.15, -0.1) is 0 Å². The van der Waals surface area contributed by atoms with Gasteiger partial charge in [-0.2, -0.15) is 0 Å². The van der Waals surface area contributed by atoms with Crippen molar-refractivity contribution in [3.63, 3.8) is 0 Å². The quantitative estimate of drug-likeness (QED) is 0.699. The van der Waals surface area contributed by atoms with Crippen molar-refractivity contribution in [2.45, 2.75) is 32.4 Å². The Morgan fingerprint density at radius 1 is 1.64 bits per heavy atom. The van der Waals surface area contributed by atoms with Crippen LogP contribution in [0.15, 0.2) is 0 Å². The van der Waals surface area contributed by atoms with Crippen molar-refractivity contribution >= 4 is 6.03 Å². The number of rotatable bonds is 2. The minimum absolute atomic E-state index is 0.242. The van der Waals surface area contributed by atoms with E-state index >= 15 is 0 Å². The number of urea groups is 1. The van der Waals surface area contributed by atoms with Crippen LogP contribution in [0.5, 0.6) is 0 Å². The van der Waals surface area contributed by atoms with Crippen LogP contribution in [-0.2, 0) is 0 Å². The molecular weight excluding hydrogens is 178 g/mol. The SMILES string of the molecule is CCC(C)N1CC2CNCCN2C1=O. The van der Waals surface area contributed by atoms with Gasteiger partial charge >= 0.3 is 6.03 Å². The highest BCUT2D eigenvalue weighted by atomic mass is 16.2. The summed E-state index contributed by atoms with van der Waals surface area (Å²) in [6, 6.07) is 1.03. The van der Waals surface area contributed by atoms with Crippen LogP contribution in [0.4, 0.5) is 4.79 Å². The van der Waals surface area contributed by atoms with Crippen LogP contribution in [0.1, 0.15) is 20.3 Å². The monoisotopic (exact) mass is 197 g/mol. The molecule has 4 nitrogen and oxygen atoms in total. The Morgan fingerprint density at radius 2 is 2.43 bits per heavy atom. The van der Waals surface area contributed by atoms with Crippen molar-refractivity contribution in [2.75, 3.05) is 26.2 Å². The van der Waals surface area contributed by atoms with Gasteiger partial charge in [0.1, 0.15) is 0 Å². The Morgan fingerprint density at radius 3 is 3.07 bits per heavy atom. The largest absolute Gasteiger partial charge is 0.320 e. The molecule has 0 saturated carbocycles. The molecule has 0 aromatic carbocycles. The molecule has 4 heteroatoms. The number of carbonyl (C=O) groups excluding carboxylic acids is 1. The zero-order valence-corrected chi connectivity index (χ0v) is 8.99. The minimum atomic E-state index is 0.242. The summed E-state index contributed by atoms with van der Waals surface area (Å²) >= 11 is 0. The fourth-order valence-corrected chi connectivity index (χ4v) is 2.23. The van der Waals surface area contributed by atoms with E-state index in [0.29, 0.717) is 12.1 Å². The van der Waals surface area contributed by atoms with Gasteiger partial charge in [-0.05, 0) is 13.3 Å². The van der Waals surface area contributed by atoms with Crippen LogP contribution in [0.3, 0.4) is 0 Å². The number of fused-ring (bicyclic) bond motifs is 1. The van der Waals surface area contributed by atoms with E-state index < -0.39 is 0 Å². The Hall–Kier alpha value is -0.770. The molecule has 2 aliphatic rings. The molecule has 2 aliphatic heterocycles. The number of hydrogen-bond donors (Lipinski definition) is 1. The van der Waals surface area contributed by atoms with E-state index in [1.807, 2.05) is 9.80 Å². The molecule has 2 unspecified atom stereocenters. The highest BCUT2D eigenvalue weighted by Crippen LogP contribution is 2.20. The van der Waals surface area contributed by atoms with E-state index in [-0.39, 0.29) is 6.03 Å². The lowest BCUT2D eigenvalue weighted by molar-refractivity contribution is 0.171. The highest BCUT2D eigenvalue weighted by molar-refractivity contribution is 5.77. The van der Waals surface area contributed by atoms with Crippen LogP contribution >= 0.6 is 0 Å². The first kappa shape index (κ1) is 9.77. The number of hydrogen-bond acceptors (Lipinski definition) is 2. The fourth-order valence-electron chi connectivity index (χ4n) is 2.23. The van der Waals surface area contributed by atoms with E-state index in [0.717, 1.165) is 32.6 Å². The van der Waals surface area contributed by atoms with Gasteiger partial charge in [-0.3, -0.25) is 0 Å². The summed E-state index contributed by atoms with van der Waals surface area (Å²) in [5, 5.41) is 3.33. The molecule has 2 amide bonds. The molecule has 0 aromatic rings. The second-order valence-electron chi connectivity index (χ2n) is 4.24. The zero-order chi connectivity index (χ0) is 10.1. The third-order valence-corrected chi connectivity index (χ3v) is 3.37. The lowest BCUT2D eigenvalue weighted by Crippen LogP contribution is -2.50. The van der Waals surface area contributed by atoms with Crippen molar-refractivity contribution < 1.29 is 4.79 Å². The van der Waals surface area contributed by atoms with Crippen LogP contribution < -0.4 is 5.32 Å². The number of piperazine rings is 1. The van der Waals surface area contributed by atoms with Gasteiger partial charge in [0, 0.05) is 32.2 Å². The molecular formula is C10H19N3O. The van der Waals surface area contributed by atoms with Crippen molar-refractivity contribution in [2.24, 2.45) is 0 Å². The summed E-state index contributed by atoms with van der Waals surface area (Å²) in [7, 11) is 0. The summed E-state index contributed by atoms with van der Waals surface area (Å²) < 4.78 is 0. The minimum Gasteiger partial charge on any atom is -0.320 e. The molecule has 2 heterocycles. The molecule has 80 valence electrons. The molecule has 0 bridgehead atoms. The van der Waals surface area contributed by atoms with Gasteiger partial charge in [0.15, 0.2) is 0 Å². The van der Waals surface area contributed by atoms with Crippen molar-refractivity contribution in [1.29, 1.82) is 0 Å². The lowest BCUT2D eigenvalue weighted by atomic mass is 10.2. The molecule has 0 radical (unpaired) electrons. The number of nitrogens with zero attached hydrogens (tertiary/aromatic N) is 2. The molecule has 2 fully saturated rings. The van der Waals surface area contributed by atoms with E-state index in [1.165, 1.54) is 0 Å². The van der Waals surface area contributed by atoms with Crippen molar-refractivity contribution in [3.8, 4) is 0 Å². The van der Waals surface area contributed by atoms with Gasteiger partial charge in [-0.1, -0.05) is 6.92 Å². The molecule has 14 heavy (non-hydrogen) atoms. The normalized spacial score (nSPS) is 29.3. The molecule has 0 aliphatic carbocycles. The Kier molecular flexibility index (Phi) is 2.63. The molecule has 1 N–H and O–H groups in total. The molecule has 0 aromatic heterocycles. The van der Waals surface area contributed by atoms with Crippen LogP contribution in [0.25, 0.3) is 0 Å². The van der Waals surface area contributed by atoms with Crippen molar-refractivity contribution in [3.05, 3.63) is 0 Å². The summed E-state index contributed by atoms with van der Waals surface area (Å²) in [6.45, 7) is 7.93. The summed E-state index contributed by atoms with van der Waals surface area (Å²) in [5.41, 5.74) is 0. The average molecular weight is 197 g/mol. The van der Waals surface area contributed by atoms with Crippen molar-refractivity contribution in [1.82, 2.24) is 15.1 Å². The molecule has 2 atom stereocenters. The molecule has 0 spiro atoms. The third kappa shape index (κ3) is 1.47. The van der Waals surface area contributed by atoms with E-state index in [2.05, 4.69) is 19.2 Å². The van der Waals surface area contributed by atoms with Crippen LogP contribution in [0, 0.1) is 0 Å². The van der Waals surface area contributed by atoms with Crippen LogP contribution in [0.2, 0.25) is 0 Å². The molecule has 2 rings (SSSR count). The van der Waals surface area contributed by atoms with Gasteiger partial charge in [0.25, 0.3) is 0 Å². The number of nitrogens with one attached hydrogen (secondary N) is 1. The summed E-state index contributed by atoms with van der Waals surface area (Å²) in [4.78, 5) is 16.0. The maximum absolute atomic E-state index is 12.0. The van der Waals surface area contributed by atoms with E-state index in [4.69, 9.17) is 0 Å². The summed E-state index contributed by atoms with van der Waals surface area (Å²) in [6.07, 6.45) is 1.04. The van der Waals surface area contributed by atoms with E-state index in [9.17, 15) is 4.79 Å². The Labute approximate surface area is 85.2 Å². The first-order valence-corrected chi connectivity index (χ1v) is 5.52. The van der Waals surface area contributed by atoms with Gasteiger partial charge in [0.05, 0.1) is 6.04 Å². The maximum atomic E-state index is 12.0. The smallest absolute Gasteiger partial charge is 0.320 e. The average Bonchev–Trinajstić information content (AvgIpc) is 2.56. The lowest BCUT2D eigenvalue weighted by Gasteiger charge is -2.28. The predicted molar refractivity (Wildman–Crippen MR) is 55.2 cm³/mol. The first-order chi connectivity index (χ1) is 6.74. The Balaban J connectivity index is 2.06. The first-order valence-electron chi connectivity index (χ1n) is 5.52. The maximum Gasteiger partial charge on any atom is 0.320 e. The second-order valence-corrected chi connectivity index (χ2v) is 4.24. The van der Waals surface area contributed by atoms with E-state index in [1.54, 1.807) is 0 Å². The van der Waals surface area contributed by atoms with Gasteiger partial charge in [-0.25, -0.2) is 4.79 Å². The Bertz CT molecular complexity index is 231. The highest BCUT2D eigenvalue weighted by Gasteiger charge is 2.39. The number of amides is 2. The third-order valence-electron chi connectivity index (χ3n) is 3.37.